The van der Waals surface area contributed by atoms with E-state index in [9.17, 15) is 4.79 Å². The number of likely N-dealkylation sites (N-methyl/N-ethyl adjacent to an activating group) is 1. The Morgan fingerprint density at radius 3 is 2.80 bits per heavy atom. The van der Waals surface area contributed by atoms with Crippen molar-refractivity contribution < 1.29 is 4.79 Å². The van der Waals surface area contributed by atoms with Crippen molar-refractivity contribution in [2.24, 2.45) is 0 Å². The Morgan fingerprint density at radius 1 is 1.30 bits per heavy atom. The summed E-state index contributed by atoms with van der Waals surface area (Å²) in [5.41, 5.74) is 0. The van der Waals surface area contributed by atoms with Gasteiger partial charge in [0.25, 0.3) is 0 Å². The van der Waals surface area contributed by atoms with Crippen LogP contribution in [-0.4, -0.2) is 86.6 Å². The standard InChI is InChI=1S/C15H30N4O/c1-17(2)15(20)14-12-16-8-11-19(14)10-7-13-6-4-5-9-18(13)3/h13-14,16H,4-12H2,1-3H3. The summed E-state index contributed by atoms with van der Waals surface area (Å²) in [6.07, 6.45) is 5.20. The Labute approximate surface area is 123 Å². The lowest BCUT2D eigenvalue weighted by molar-refractivity contribution is -0.135. The van der Waals surface area contributed by atoms with Gasteiger partial charge in [0.2, 0.25) is 5.91 Å². The molecule has 0 radical (unpaired) electrons. The summed E-state index contributed by atoms with van der Waals surface area (Å²) in [5.74, 6) is 0.231. The average Bonchev–Trinajstić information content (AvgIpc) is 2.46. The Hall–Kier alpha value is -0.650. The highest BCUT2D eigenvalue weighted by molar-refractivity contribution is 5.81. The van der Waals surface area contributed by atoms with Crippen LogP contribution in [0.3, 0.4) is 0 Å². The molecular weight excluding hydrogens is 252 g/mol. The van der Waals surface area contributed by atoms with Gasteiger partial charge in [0, 0.05) is 46.3 Å². The molecule has 0 aliphatic carbocycles. The lowest BCUT2D eigenvalue weighted by Gasteiger charge is -2.39. The minimum Gasteiger partial charge on any atom is -0.347 e. The van der Waals surface area contributed by atoms with Crippen molar-refractivity contribution >= 4 is 5.91 Å². The summed E-state index contributed by atoms with van der Waals surface area (Å²) < 4.78 is 0. The molecule has 2 aliphatic rings. The van der Waals surface area contributed by atoms with Crippen LogP contribution < -0.4 is 5.32 Å². The molecule has 0 saturated carbocycles. The van der Waals surface area contributed by atoms with Gasteiger partial charge in [-0.1, -0.05) is 6.42 Å². The minimum atomic E-state index is 0.0210. The molecule has 2 atom stereocenters. The minimum absolute atomic E-state index is 0.0210. The normalized spacial score (nSPS) is 29.4. The zero-order valence-corrected chi connectivity index (χ0v) is 13.3. The summed E-state index contributed by atoms with van der Waals surface area (Å²) >= 11 is 0. The van der Waals surface area contributed by atoms with Crippen LogP contribution in [0.25, 0.3) is 0 Å². The van der Waals surface area contributed by atoms with E-state index in [-0.39, 0.29) is 11.9 Å². The second-order valence-electron chi connectivity index (χ2n) is 6.41. The Morgan fingerprint density at radius 2 is 2.10 bits per heavy atom. The second-order valence-corrected chi connectivity index (χ2v) is 6.41. The van der Waals surface area contributed by atoms with Gasteiger partial charge in [-0.3, -0.25) is 9.69 Å². The van der Waals surface area contributed by atoms with E-state index in [4.69, 9.17) is 0 Å². The van der Waals surface area contributed by atoms with Gasteiger partial charge in [-0.25, -0.2) is 0 Å². The maximum Gasteiger partial charge on any atom is 0.240 e. The van der Waals surface area contributed by atoms with Crippen LogP contribution in [0.1, 0.15) is 25.7 Å². The molecule has 20 heavy (non-hydrogen) atoms. The highest BCUT2D eigenvalue weighted by atomic mass is 16.2. The molecule has 1 amide bonds. The summed E-state index contributed by atoms with van der Waals surface area (Å²) in [7, 11) is 5.94. The van der Waals surface area contributed by atoms with E-state index in [1.54, 1.807) is 4.90 Å². The first kappa shape index (κ1) is 15.7. The first-order chi connectivity index (χ1) is 9.59. The Balaban J connectivity index is 1.87. The van der Waals surface area contributed by atoms with E-state index in [0.29, 0.717) is 6.04 Å². The van der Waals surface area contributed by atoms with Gasteiger partial charge in [0.1, 0.15) is 6.04 Å². The van der Waals surface area contributed by atoms with Crippen molar-refractivity contribution in [2.45, 2.75) is 37.8 Å². The number of hydrogen-bond acceptors (Lipinski definition) is 4. The number of carbonyl (C=O) groups is 1. The van der Waals surface area contributed by atoms with E-state index in [1.165, 1.54) is 32.2 Å². The number of rotatable bonds is 4. The zero-order chi connectivity index (χ0) is 14.5. The smallest absolute Gasteiger partial charge is 0.240 e. The fourth-order valence-electron chi connectivity index (χ4n) is 3.38. The van der Waals surface area contributed by atoms with Crippen LogP contribution in [0.2, 0.25) is 0 Å². The third-order valence-corrected chi connectivity index (χ3v) is 4.75. The maximum atomic E-state index is 12.3. The molecular formula is C15H30N4O. The van der Waals surface area contributed by atoms with Crippen molar-refractivity contribution in [3.8, 4) is 0 Å². The molecule has 2 rings (SSSR count). The van der Waals surface area contributed by atoms with Gasteiger partial charge in [-0.15, -0.1) is 0 Å². The van der Waals surface area contributed by atoms with Crippen LogP contribution in [0.4, 0.5) is 0 Å². The lowest BCUT2D eigenvalue weighted by Crippen LogP contribution is -2.58. The number of nitrogens with one attached hydrogen (secondary N) is 1. The average molecular weight is 282 g/mol. The quantitative estimate of drug-likeness (QED) is 0.801. The van der Waals surface area contributed by atoms with Crippen LogP contribution in [0.5, 0.6) is 0 Å². The van der Waals surface area contributed by atoms with E-state index in [1.807, 2.05) is 14.1 Å². The fraction of sp³-hybridized carbons (Fsp3) is 0.933. The molecule has 0 aromatic heterocycles. The second kappa shape index (κ2) is 7.38. The predicted molar refractivity (Wildman–Crippen MR) is 81.8 cm³/mol. The van der Waals surface area contributed by atoms with Crippen molar-refractivity contribution in [1.29, 1.82) is 0 Å². The first-order valence-corrected chi connectivity index (χ1v) is 7.95. The molecule has 0 aromatic carbocycles. The van der Waals surface area contributed by atoms with Crippen LogP contribution >= 0.6 is 0 Å². The van der Waals surface area contributed by atoms with Crippen molar-refractivity contribution in [2.75, 3.05) is 53.9 Å². The number of hydrogen-bond donors (Lipinski definition) is 1. The monoisotopic (exact) mass is 282 g/mol. The molecule has 0 aromatic rings. The van der Waals surface area contributed by atoms with E-state index in [2.05, 4.69) is 22.2 Å². The molecule has 0 bridgehead atoms. The molecule has 2 unspecified atom stereocenters. The third-order valence-electron chi connectivity index (χ3n) is 4.75. The molecule has 0 spiro atoms. The highest BCUT2D eigenvalue weighted by Crippen LogP contribution is 2.19. The number of likely N-dealkylation sites (tertiary alicyclic amines) is 1. The zero-order valence-electron chi connectivity index (χ0n) is 13.3. The maximum absolute atomic E-state index is 12.3. The summed E-state index contributed by atoms with van der Waals surface area (Å²) in [6.45, 7) is 5.04. The van der Waals surface area contributed by atoms with Crippen LogP contribution in [0.15, 0.2) is 0 Å². The lowest BCUT2D eigenvalue weighted by atomic mass is 9.99. The SMILES string of the molecule is CN(C)C(=O)C1CNCCN1CCC1CCCCN1C. The van der Waals surface area contributed by atoms with Gasteiger partial charge in [0.05, 0.1) is 0 Å². The van der Waals surface area contributed by atoms with Gasteiger partial charge in [-0.05, 0) is 32.9 Å². The molecule has 1 N–H and O–H groups in total. The first-order valence-electron chi connectivity index (χ1n) is 7.95. The van der Waals surface area contributed by atoms with E-state index >= 15 is 0 Å². The largest absolute Gasteiger partial charge is 0.347 e. The van der Waals surface area contributed by atoms with Crippen molar-refractivity contribution in [3.63, 3.8) is 0 Å². The molecule has 2 fully saturated rings. The number of carbonyl (C=O) groups excluding carboxylic acids is 1. The number of piperazine rings is 1. The Kier molecular flexibility index (Phi) is 5.81. The molecule has 5 heteroatoms. The molecule has 2 heterocycles. The van der Waals surface area contributed by atoms with Crippen LogP contribution in [0, 0.1) is 0 Å². The van der Waals surface area contributed by atoms with Gasteiger partial charge >= 0.3 is 0 Å². The van der Waals surface area contributed by atoms with Gasteiger partial charge < -0.3 is 15.1 Å². The third kappa shape index (κ3) is 3.93. The summed E-state index contributed by atoms with van der Waals surface area (Å²) in [4.78, 5) is 18.8. The molecule has 116 valence electrons. The molecule has 2 saturated heterocycles. The van der Waals surface area contributed by atoms with Crippen LogP contribution in [-0.2, 0) is 4.79 Å². The van der Waals surface area contributed by atoms with Gasteiger partial charge in [0.15, 0.2) is 0 Å². The van der Waals surface area contributed by atoms with Crippen molar-refractivity contribution in [3.05, 3.63) is 0 Å². The van der Waals surface area contributed by atoms with Gasteiger partial charge in [-0.2, -0.15) is 0 Å². The highest BCUT2D eigenvalue weighted by Gasteiger charge is 2.30. The number of amides is 1. The number of nitrogens with zero attached hydrogens (tertiary/aromatic N) is 3. The topological polar surface area (TPSA) is 38.8 Å². The Bertz CT molecular complexity index is 321. The van der Waals surface area contributed by atoms with Crippen molar-refractivity contribution in [1.82, 2.24) is 20.0 Å². The summed E-state index contributed by atoms with van der Waals surface area (Å²) in [6, 6.07) is 0.724. The summed E-state index contributed by atoms with van der Waals surface area (Å²) in [5, 5.41) is 3.35. The van der Waals surface area contributed by atoms with E-state index in [0.717, 1.165) is 26.2 Å². The molecule has 5 nitrogen and oxygen atoms in total. The predicted octanol–water partition coefficient (Wildman–Crippen LogP) is 0.223. The fourth-order valence-corrected chi connectivity index (χ4v) is 3.38. The molecule has 2 aliphatic heterocycles. The number of piperidine rings is 1. The van der Waals surface area contributed by atoms with E-state index < -0.39 is 0 Å².